The predicted molar refractivity (Wildman–Crippen MR) is 102 cm³/mol. The molecule has 0 fully saturated rings. The molecule has 0 amide bonds. The summed E-state index contributed by atoms with van der Waals surface area (Å²) in [7, 11) is 5.95. The molecule has 0 bridgehead atoms. The molecule has 132 valence electrons. The zero-order valence-electron chi connectivity index (χ0n) is 14.7. The Balaban J connectivity index is 1.59. The first-order chi connectivity index (χ1) is 12.2. The molecule has 3 aromatic rings. The van der Waals surface area contributed by atoms with Crippen LogP contribution in [0.1, 0.15) is 16.7 Å². The van der Waals surface area contributed by atoms with Crippen LogP contribution in [-0.2, 0) is 6.54 Å². The Hall–Kier alpha value is -2.45. The van der Waals surface area contributed by atoms with Crippen LogP contribution in [0.2, 0.25) is 0 Å². The number of nitrogens with zero attached hydrogens (tertiary/aromatic N) is 5. The van der Waals surface area contributed by atoms with Gasteiger partial charge in [-0.2, -0.15) is 0 Å². The summed E-state index contributed by atoms with van der Waals surface area (Å²) in [5.74, 6) is 1.59. The van der Waals surface area contributed by atoms with Crippen LogP contribution >= 0.6 is 11.3 Å². The molecule has 0 aliphatic carbocycles. The van der Waals surface area contributed by atoms with E-state index in [1.165, 1.54) is 4.88 Å². The van der Waals surface area contributed by atoms with Crippen molar-refractivity contribution in [2.45, 2.75) is 12.6 Å². The third-order valence-corrected chi connectivity index (χ3v) is 4.95. The van der Waals surface area contributed by atoms with Crippen molar-refractivity contribution in [1.29, 1.82) is 0 Å². The topological polar surface area (TPSA) is 69.8 Å². The second kappa shape index (κ2) is 8.09. The summed E-state index contributed by atoms with van der Waals surface area (Å²) in [5.41, 5.74) is 0.840. The van der Waals surface area contributed by atoms with Crippen LogP contribution in [-0.4, -0.2) is 53.1 Å². The molecule has 1 atom stereocenters. The lowest BCUT2D eigenvalue weighted by atomic mass is 10.2. The molecule has 25 heavy (non-hydrogen) atoms. The second-order valence-corrected chi connectivity index (χ2v) is 6.83. The van der Waals surface area contributed by atoms with Gasteiger partial charge in [0.25, 0.3) is 0 Å². The van der Waals surface area contributed by atoms with Gasteiger partial charge in [0.2, 0.25) is 0 Å². The van der Waals surface area contributed by atoms with Crippen LogP contribution in [0.25, 0.3) is 5.65 Å². The van der Waals surface area contributed by atoms with Gasteiger partial charge in [0.15, 0.2) is 17.4 Å². The number of aromatic nitrogens is 3. The van der Waals surface area contributed by atoms with Crippen molar-refractivity contribution in [3.8, 4) is 0 Å². The van der Waals surface area contributed by atoms with E-state index >= 15 is 0 Å². The van der Waals surface area contributed by atoms with Gasteiger partial charge < -0.3 is 15.5 Å². The van der Waals surface area contributed by atoms with Crippen molar-refractivity contribution < 1.29 is 0 Å². The molecular formula is C17H23N7S. The van der Waals surface area contributed by atoms with E-state index in [9.17, 15) is 0 Å². The van der Waals surface area contributed by atoms with Gasteiger partial charge in [0.1, 0.15) is 0 Å². The number of thiophene rings is 1. The number of aliphatic imine (C=N–C) groups is 1. The highest BCUT2D eigenvalue weighted by Crippen LogP contribution is 2.22. The normalized spacial score (nSPS) is 13.4. The number of fused-ring (bicyclic) bond motifs is 1. The minimum atomic E-state index is 0.299. The molecule has 0 aromatic carbocycles. The van der Waals surface area contributed by atoms with Crippen molar-refractivity contribution >= 4 is 22.9 Å². The SMILES string of the molecule is CN=C(NCc1nnc2ccccn12)NCC(c1cccs1)N(C)C. The summed E-state index contributed by atoms with van der Waals surface area (Å²) >= 11 is 1.77. The van der Waals surface area contributed by atoms with Gasteiger partial charge in [-0.05, 0) is 37.7 Å². The highest BCUT2D eigenvalue weighted by molar-refractivity contribution is 7.10. The Kier molecular flexibility index (Phi) is 5.62. The zero-order chi connectivity index (χ0) is 17.6. The largest absolute Gasteiger partial charge is 0.354 e. The molecule has 0 aliphatic heterocycles. The lowest BCUT2D eigenvalue weighted by molar-refractivity contribution is 0.302. The second-order valence-electron chi connectivity index (χ2n) is 5.85. The van der Waals surface area contributed by atoms with Crippen molar-refractivity contribution in [3.63, 3.8) is 0 Å². The van der Waals surface area contributed by atoms with E-state index in [-0.39, 0.29) is 0 Å². The smallest absolute Gasteiger partial charge is 0.191 e. The van der Waals surface area contributed by atoms with E-state index < -0.39 is 0 Å². The Morgan fingerprint density at radius 3 is 2.84 bits per heavy atom. The monoisotopic (exact) mass is 357 g/mol. The van der Waals surface area contributed by atoms with Crippen LogP contribution in [0.15, 0.2) is 46.9 Å². The number of rotatable bonds is 6. The predicted octanol–water partition coefficient (Wildman–Crippen LogP) is 1.76. The number of hydrogen-bond donors (Lipinski definition) is 2. The van der Waals surface area contributed by atoms with E-state index in [0.29, 0.717) is 12.6 Å². The molecule has 0 spiro atoms. The van der Waals surface area contributed by atoms with Crippen molar-refractivity contribution in [2.24, 2.45) is 4.99 Å². The molecule has 1 unspecified atom stereocenters. The van der Waals surface area contributed by atoms with E-state index in [4.69, 9.17) is 0 Å². The van der Waals surface area contributed by atoms with Gasteiger partial charge in [0.05, 0.1) is 12.6 Å². The van der Waals surface area contributed by atoms with Crippen molar-refractivity contribution in [1.82, 2.24) is 30.1 Å². The van der Waals surface area contributed by atoms with Gasteiger partial charge in [-0.25, -0.2) is 0 Å². The van der Waals surface area contributed by atoms with Crippen molar-refractivity contribution in [3.05, 3.63) is 52.6 Å². The maximum Gasteiger partial charge on any atom is 0.191 e. The first kappa shape index (κ1) is 17.4. The Labute approximate surface area is 151 Å². The average molecular weight is 357 g/mol. The summed E-state index contributed by atoms with van der Waals surface area (Å²) in [6.45, 7) is 1.32. The first-order valence-electron chi connectivity index (χ1n) is 8.12. The number of nitrogens with one attached hydrogen (secondary N) is 2. The molecule has 3 aromatic heterocycles. The van der Waals surface area contributed by atoms with Gasteiger partial charge >= 0.3 is 0 Å². The van der Waals surface area contributed by atoms with E-state index in [0.717, 1.165) is 24.0 Å². The maximum absolute atomic E-state index is 4.30. The molecule has 0 radical (unpaired) electrons. The molecule has 0 aliphatic rings. The van der Waals surface area contributed by atoms with Gasteiger partial charge in [0, 0.05) is 24.7 Å². The Bertz CT molecular complexity index is 823. The molecule has 3 rings (SSSR count). The van der Waals surface area contributed by atoms with Crippen LogP contribution < -0.4 is 10.6 Å². The molecule has 0 saturated heterocycles. The van der Waals surface area contributed by atoms with Crippen molar-refractivity contribution in [2.75, 3.05) is 27.7 Å². The van der Waals surface area contributed by atoms with Crippen LogP contribution in [0.4, 0.5) is 0 Å². The van der Waals surface area contributed by atoms with E-state index in [1.54, 1.807) is 18.4 Å². The molecule has 8 heteroatoms. The summed E-state index contributed by atoms with van der Waals surface area (Å²) in [6, 6.07) is 10.4. The van der Waals surface area contributed by atoms with Crippen LogP contribution in [0, 0.1) is 0 Å². The third kappa shape index (κ3) is 4.15. The molecule has 3 heterocycles. The lowest BCUT2D eigenvalue weighted by Gasteiger charge is -2.24. The molecular weight excluding hydrogens is 334 g/mol. The Morgan fingerprint density at radius 1 is 1.24 bits per heavy atom. The van der Waals surface area contributed by atoms with Gasteiger partial charge in [-0.3, -0.25) is 9.39 Å². The van der Waals surface area contributed by atoms with Gasteiger partial charge in [-0.1, -0.05) is 12.1 Å². The standard InChI is InChI=1S/C17H23N7S/c1-18-17(19-11-13(23(2)3)14-7-6-10-25-14)20-12-16-22-21-15-8-4-5-9-24(15)16/h4-10,13H,11-12H2,1-3H3,(H2,18,19,20). The number of pyridine rings is 1. The summed E-state index contributed by atoms with van der Waals surface area (Å²) < 4.78 is 1.97. The third-order valence-electron chi connectivity index (χ3n) is 3.98. The number of hydrogen-bond acceptors (Lipinski definition) is 5. The average Bonchev–Trinajstić information content (AvgIpc) is 3.27. The quantitative estimate of drug-likeness (QED) is 0.520. The summed E-state index contributed by atoms with van der Waals surface area (Å²) in [6.07, 6.45) is 1.96. The number of guanidine groups is 1. The van der Waals surface area contributed by atoms with Crippen LogP contribution in [0.3, 0.4) is 0 Å². The molecule has 7 nitrogen and oxygen atoms in total. The van der Waals surface area contributed by atoms with Gasteiger partial charge in [-0.15, -0.1) is 21.5 Å². The van der Waals surface area contributed by atoms with E-state index in [1.807, 2.05) is 28.8 Å². The fraction of sp³-hybridized carbons (Fsp3) is 0.353. The maximum atomic E-state index is 4.30. The highest BCUT2D eigenvalue weighted by atomic mass is 32.1. The van der Waals surface area contributed by atoms with Crippen LogP contribution in [0.5, 0.6) is 0 Å². The first-order valence-corrected chi connectivity index (χ1v) is 9.00. The zero-order valence-corrected chi connectivity index (χ0v) is 15.5. The fourth-order valence-corrected chi connectivity index (χ4v) is 3.53. The minimum absolute atomic E-state index is 0.299. The van der Waals surface area contributed by atoms with E-state index in [2.05, 4.69) is 62.3 Å². The fourth-order valence-electron chi connectivity index (χ4n) is 2.61. The summed E-state index contributed by atoms with van der Waals surface area (Å²) in [4.78, 5) is 7.84. The lowest BCUT2D eigenvalue weighted by Crippen LogP contribution is -2.41. The number of likely N-dealkylation sites (N-methyl/N-ethyl adjacent to an activating group) is 1. The summed E-state index contributed by atoms with van der Waals surface area (Å²) in [5, 5.41) is 17.2. The molecule has 2 N–H and O–H groups in total. The highest BCUT2D eigenvalue weighted by Gasteiger charge is 2.15. The Morgan fingerprint density at radius 2 is 2.12 bits per heavy atom. The minimum Gasteiger partial charge on any atom is -0.354 e. The molecule has 0 saturated carbocycles.